The number of fused-ring (bicyclic) bond motifs is 2. The molecule has 204 valence electrons. The molecule has 1 amide bonds. The number of pyridine rings is 1. The second-order valence-corrected chi connectivity index (χ2v) is 10.4. The normalized spacial score (nSPS) is 19.8. The smallest absolute Gasteiger partial charge is 0.280 e. The number of carbonyl (C=O) groups is 1. The van der Waals surface area contributed by atoms with Gasteiger partial charge in [-0.3, -0.25) is 18.8 Å². The first-order valence-electron chi connectivity index (χ1n) is 12.9. The Kier molecular flexibility index (Phi) is 6.11. The van der Waals surface area contributed by atoms with Gasteiger partial charge in [0.05, 0.1) is 42.8 Å². The summed E-state index contributed by atoms with van der Waals surface area (Å²) in [6, 6.07) is 6.98. The molecule has 1 aliphatic carbocycles. The number of amides is 1. The van der Waals surface area contributed by atoms with E-state index in [2.05, 4.69) is 31.1 Å². The molecule has 5 heterocycles. The zero-order valence-electron chi connectivity index (χ0n) is 22.3. The maximum atomic E-state index is 13.5. The second-order valence-electron chi connectivity index (χ2n) is 10.4. The van der Waals surface area contributed by atoms with E-state index in [9.17, 15) is 9.59 Å². The molecule has 4 aromatic heterocycles. The van der Waals surface area contributed by atoms with E-state index in [1.165, 1.54) is 10.8 Å². The SMILES string of the molecule is CNc1cc(Nc2cccn(-c3cc4n(n3)CC(C)(C)OC4)c2=O)nc2c(C(=O)N[C@@H]3CC[C@H]3OC)cnn12. The van der Waals surface area contributed by atoms with Gasteiger partial charge in [-0.05, 0) is 38.8 Å². The summed E-state index contributed by atoms with van der Waals surface area (Å²) in [5.41, 5.74) is 1.29. The van der Waals surface area contributed by atoms with Crippen molar-refractivity contribution < 1.29 is 14.3 Å². The van der Waals surface area contributed by atoms with Gasteiger partial charge in [-0.15, -0.1) is 0 Å². The van der Waals surface area contributed by atoms with Gasteiger partial charge < -0.3 is 25.4 Å². The molecule has 1 fully saturated rings. The lowest BCUT2D eigenvalue weighted by atomic mass is 9.89. The zero-order chi connectivity index (χ0) is 27.3. The fraction of sp³-hybridized carbons (Fsp3) is 0.423. The number of nitrogens with zero attached hydrogens (tertiary/aromatic N) is 6. The van der Waals surface area contributed by atoms with Crippen LogP contribution in [-0.4, -0.2) is 66.8 Å². The number of nitrogens with one attached hydrogen (secondary N) is 3. The molecular formula is C26H31N9O4. The van der Waals surface area contributed by atoms with E-state index in [4.69, 9.17) is 9.47 Å². The molecular weight excluding hydrogens is 502 g/mol. The standard InChI is InChI=1S/C26H31N9O4/c1-26(2)14-34-15(13-39-26)10-22(32-34)33-9-5-6-18(25(33)37)29-20-11-21(27-3)35-23(31-20)16(12-28-35)24(36)30-17-7-8-19(17)38-4/h5-6,9-12,17,19,27H,7-8,13-14H2,1-4H3,(H,29,31)(H,30,36)/t17-,19-/m1/s1. The summed E-state index contributed by atoms with van der Waals surface area (Å²) in [7, 11) is 3.39. The number of hydrogen-bond acceptors (Lipinski definition) is 9. The van der Waals surface area contributed by atoms with Crippen LogP contribution in [-0.2, 0) is 22.6 Å². The van der Waals surface area contributed by atoms with E-state index in [-0.39, 0.29) is 29.2 Å². The molecule has 2 aliphatic rings. The van der Waals surface area contributed by atoms with Crippen LogP contribution in [0.15, 0.2) is 41.5 Å². The molecule has 0 bridgehead atoms. The van der Waals surface area contributed by atoms with Crippen LogP contribution in [0, 0.1) is 0 Å². The molecule has 1 saturated carbocycles. The van der Waals surface area contributed by atoms with Crippen LogP contribution in [0.2, 0.25) is 0 Å². The molecule has 39 heavy (non-hydrogen) atoms. The van der Waals surface area contributed by atoms with Crippen LogP contribution >= 0.6 is 0 Å². The van der Waals surface area contributed by atoms with Crippen molar-refractivity contribution >= 4 is 28.9 Å². The number of ether oxygens (including phenoxy) is 2. The fourth-order valence-electron chi connectivity index (χ4n) is 4.92. The number of hydrogen-bond donors (Lipinski definition) is 3. The number of aromatic nitrogens is 6. The van der Waals surface area contributed by atoms with Crippen molar-refractivity contribution in [3.63, 3.8) is 0 Å². The summed E-state index contributed by atoms with van der Waals surface area (Å²) in [4.78, 5) is 31.2. The molecule has 13 nitrogen and oxygen atoms in total. The van der Waals surface area contributed by atoms with Gasteiger partial charge in [-0.25, -0.2) is 4.98 Å². The van der Waals surface area contributed by atoms with Crippen molar-refractivity contribution in [2.75, 3.05) is 24.8 Å². The van der Waals surface area contributed by atoms with Crippen molar-refractivity contribution in [3.8, 4) is 5.82 Å². The van der Waals surface area contributed by atoms with E-state index in [1.54, 1.807) is 43.1 Å². The summed E-state index contributed by atoms with van der Waals surface area (Å²) < 4.78 is 16.2. The quantitative estimate of drug-likeness (QED) is 0.325. The lowest BCUT2D eigenvalue weighted by Gasteiger charge is -2.35. The van der Waals surface area contributed by atoms with E-state index >= 15 is 0 Å². The molecule has 13 heteroatoms. The van der Waals surface area contributed by atoms with Gasteiger partial charge in [0.25, 0.3) is 11.5 Å². The lowest BCUT2D eigenvalue weighted by molar-refractivity contribution is -0.0660. The molecule has 0 saturated heterocycles. The Balaban J connectivity index is 1.31. The topological polar surface area (TPSA) is 142 Å². The maximum absolute atomic E-state index is 13.5. The lowest BCUT2D eigenvalue weighted by Crippen LogP contribution is -2.51. The van der Waals surface area contributed by atoms with Gasteiger partial charge in [0, 0.05) is 32.5 Å². The monoisotopic (exact) mass is 533 g/mol. The molecule has 0 spiro atoms. The van der Waals surface area contributed by atoms with Crippen LogP contribution in [0.3, 0.4) is 0 Å². The molecule has 0 radical (unpaired) electrons. The van der Waals surface area contributed by atoms with Crippen LogP contribution in [0.5, 0.6) is 0 Å². The van der Waals surface area contributed by atoms with Crippen LogP contribution in [0.1, 0.15) is 42.7 Å². The number of methoxy groups -OCH3 is 1. The minimum absolute atomic E-state index is 0.00831. The van der Waals surface area contributed by atoms with E-state index in [1.807, 2.05) is 24.6 Å². The van der Waals surface area contributed by atoms with Crippen LogP contribution < -0.4 is 21.5 Å². The number of rotatable bonds is 7. The zero-order valence-corrected chi connectivity index (χ0v) is 22.3. The average Bonchev–Trinajstić information content (AvgIpc) is 3.51. The molecule has 6 rings (SSSR count). The van der Waals surface area contributed by atoms with Gasteiger partial charge in [-0.2, -0.15) is 14.7 Å². The van der Waals surface area contributed by atoms with Crippen molar-refractivity contribution in [1.82, 2.24) is 34.3 Å². The maximum Gasteiger partial charge on any atom is 0.280 e. The van der Waals surface area contributed by atoms with Gasteiger partial charge in [0.15, 0.2) is 11.5 Å². The molecule has 0 aromatic carbocycles. The molecule has 2 atom stereocenters. The van der Waals surface area contributed by atoms with E-state index in [0.29, 0.717) is 47.5 Å². The predicted octanol–water partition coefficient (Wildman–Crippen LogP) is 2.08. The summed E-state index contributed by atoms with van der Waals surface area (Å²) in [5, 5.41) is 18.2. The Labute approximate surface area is 224 Å². The third-order valence-corrected chi connectivity index (χ3v) is 7.25. The van der Waals surface area contributed by atoms with Gasteiger partial charge in [0.1, 0.15) is 22.9 Å². The third-order valence-electron chi connectivity index (χ3n) is 7.25. The average molecular weight is 534 g/mol. The summed E-state index contributed by atoms with van der Waals surface area (Å²) in [6.45, 7) is 5.05. The first-order valence-corrected chi connectivity index (χ1v) is 12.9. The Morgan fingerprint density at radius 1 is 1.26 bits per heavy atom. The highest BCUT2D eigenvalue weighted by Gasteiger charge is 2.33. The third kappa shape index (κ3) is 4.53. The Morgan fingerprint density at radius 2 is 2.10 bits per heavy atom. The Bertz CT molecular complexity index is 1620. The number of carbonyl (C=O) groups excluding carboxylic acids is 1. The second kappa shape index (κ2) is 9.50. The van der Waals surface area contributed by atoms with Crippen molar-refractivity contribution in [3.05, 3.63) is 58.3 Å². The van der Waals surface area contributed by atoms with E-state index in [0.717, 1.165) is 18.5 Å². The molecule has 1 aliphatic heterocycles. The minimum atomic E-state index is -0.327. The van der Waals surface area contributed by atoms with Crippen molar-refractivity contribution in [2.45, 2.75) is 57.6 Å². The highest BCUT2D eigenvalue weighted by Crippen LogP contribution is 2.26. The van der Waals surface area contributed by atoms with Crippen molar-refractivity contribution in [1.29, 1.82) is 0 Å². The fourth-order valence-corrected chi connectivity index (χ4v) is 4.92. The predicted molar refractivity (Wildman–Crippen MR) is 144 cm³/mol. The molecule has 0 unspecified atom stereocenters. The van der Waals surface area contributed by atoms with Crippen molar-refractivity contribution in [2.24, 2.45) is 0 Å². The van der Waals surface area contributed by atoms with Crippen LogP contribution in [0.25, 0.3) is 11.5 Å². The van der Waals surface area contributed by atoms with E-state index < -0.39 is 0 Å². The summed E-state index contributed by atoms with van der Waals surface area (Å²) in [5.74, 6) is 1.22. The highest BCUT2D eigenvalue weighted by molar-refractivity contribution is 6.00. The van der Waals surface area contributed by atoms with Gasteiger partial charge in [0.2, 0.25) is 0 Å². The molecule has 3 N–H and O–H groups in total. The Hall–Kier alpha value is -4.23. The van der Waals surface area contributed by atoms with Crippen LogP contribution in [0.4, 0.5) is 17.3 Å². The first kappa shape index (κ1) is 25.1. The minimum Gasteiger partial charge on any atom is -0.379 e. The summed E-state index contributed by atoms with van der Waals surface area (Å²) >= 11 is 0. The van der Waals surface area contributed by atoms with Gasteiger partial charge in [-0.1, -0.05) is 0 Å². The molecule has 4 aromatic rings. The Morgan fingerprint density at radius 3 is 2.85 bits per heavy atom. The largest absolute Gasteiger partial charge is 0.379 e. The number of anilines is 3. The van der Waals surface area contributed by atoms with Gasteiger partial charge >= 0.3 is 0 Å². The highest BCUT2D eigenvalue weighted by atomic mass is 16.5. The summed E-state index contributed by atoms with van der Waals surface area (Å²) in [6.07, 6.45) is 4.94. The first-order chi connectivity index (χ1) is 18.8.